The topological polar surface area (TPSA) is 39.1 Å². The van der Waals surface area contributed by atoms with Crippen LogP contribution in [0.3, 0.4) is 0 Å². The van der Waals surface area contributed by atoms with Gasteiger partial charge in [0.05, 0.1) is 15.9 Å². The van der Waals surface area contributed by atoms with Crippen molar-refractivity contribution < 1.29 is 4.74 Å². The average Bonchev–Trinajstić information content (AvgIpc) is 2.75. The summed E-state index contributed by atoms with van der Waals surface area (Å²) in [5.41, 5.74) is 2.47. The van der Waals surface area contributed by atoms with E-state index in [0.29, 0.717) is 12.0 Å². The first-order valence-corrected chi connectivity index (χ1v) is 8.82. The van der Waals surface area contributed by atoms with Crippen LogP contribution in [0.1, 0.15) is 45.5 Å². The van der Waals surface area contributed by atoms with Crippen molar-refractivity contribution in [2.24, 2.45) is 5.92 Å². The Morgan fingerprint density at radius 3 is 2.57 bits per heavy atom. The number of nitrogens with one attached hydrogen (secondary N) is 1. The highest BCUT2D eigenvalue weighted by Gasteiger charge is 2.19. The third-order valence-electron chi connectivity index (χ3n) is 3.76. The van der Waals surface area contributed by atoms with Crippen molar-refractivity contribution in [2.75, 3.05) is 20.3 Å². The minimum absolute atomic E-state index is 0.461. The van der Waals surface area contributed by atoms with E-state index in [-0.39, 0.29) is 0 Å². The molecule has 0 aliphatic rings. The molecule has 122 valence electrons. The van der Waals surface area contributed by atoms with Crippen LogP contribution in [-0.2, 0) is 24.1 Å². The predicted octanol–water partition coefficient (Wildman–Crippen LogP) is 3.42. The highest BCUT2D eigenvalue weighted by molar-refractivity contribution is 9.10. The van der Waals surface area contributed by atoms with E-state index in [1.807, 2.05) is 0 Å². The van der Waals surface area contributed by atoms with Crippen molar-refractivity contribution in [1.29, 1.82) is 0 Å². The number of aromatic nitrogens is 2. The van der Waals surface area contributed by atoms with Gasteiger partial charge in [-0.25, -0.2) is 0 Å². The van der Waals surface area contributed by atoms with E-state index in [2.05, 4.69) is 53.6 Å². The van der Waals surface area contributed by atoms with Gasteiger partial charge in [0, 0.05) is 32.7 Å². The maximum atomic E-state index is 5.27. The molecule has 0 bridgehead atoms. The fourth-order valence-electron chi connectivity index (χ4n) is 2.81. The molecule has 0 spiro atoms. The van der Waals surface area contributed by atoms with Crippen LogP contribution in [0, 0.1) is 5.92 Å². The summed E-state index contributed by atoms with van der Waals surface area (Å²) < 4.78 is 8.59. The third-order valence-corrected chi connectivity index (χ3v) is 4.68. The maximum Gasteiger partial charge on any atom is 0.0766 e. The molecule has 0 saturated carbocycles. The third kappa shape index (κ3) is 5.38. The lowest BCUT2D eigenvalue weighted by Crippen LogP contribution is -2.34. The van der Waals surface area contributed by atoms with Crippen LogP contribution in [0.15, 0.2) is 4.47 Å². The van der Waals surface area contributed by atoms with Gasteiger partial charge in [-0.2, -0.15) is 5.10 Å². The van der Waals surface area contributed by atoms with E-state index in [1.54, 1.807) is 7.11 Å². The lowest BCUT2D eigenvalue weighted by molar-refractivity contribution is 0.149. The lowest BCUT2D eigenvalue weighted by atomic mass is 9.98. The molecule has 0 aliphatic heterocycles. The van der Waals surface area contributed by atoms with Crippen LogP contribution < -0.4 is 5.32 Å². The van der Waals surface area contributed by atoms with Gasteiger partial charge in [-0.15, -0.1) is 0 Å². The first kappa shape index (κ1) is 18.7. The second-order valence-electron chi connectivity index (χ2n) is 5.63. The Morgan fingerprint density at radius 1 is 1.33 bits per heavy atom. The van der Waals surface area contributed by atoms with Crippen LogP contribution in [0.4, 0.5) is 0 Å². The van der Waals surface area contributed by atoms with Crippen molar-refractivity contribution in [3.05, 3.63) is 15.9 Å². The summed E-state index contributed by atoms with van der Waals surface area (Å²) >= 11 is 3.74. The Hall–Kier alpha value is -0.390. The molecule has 1 aromatic heterocycles. The van der Waals surface area contributed by atoms with Crippen LogP contribution >= 0.6 is 15.9 Å². The molecular formula is C16H30BrN3O. The van der Waals surface area contributed by atoms with Gasteiger partial charge in [0.1, 0.15) is 0 Å². The SMILES string of the molecule is CCNC(Cc1c(Br)c(CC)nn1CC)CC(C)COC. The number of halogens is 1. The van der Waals surface area contributed by atoms with Crippen LogP contribution in [0.25, 0.3) is 0 Å². The largest absolute Gasteiger partial charge is 0.384 e. The lowest BCUT2D eigenvalue weighted by Gasteiger charge is -2.22. The quantitative estimate of drug-likeness (QED) is 0.695. The summed E-state index contributed by atoms with van der Waals surface area (Å²) in [6.45, 7) is 11.4. The summed E-state index contributed by atoms with van der Waals surface area (Å²) in [6, 6.07) is 0.461. The van der Waals surface area contributed by atoms with Crippen LogP contribution in [0.5, 0.6) is 0 Å². The number of likely N-dealkylation sites (N-methyl/N-ethyl adjacent to an activating group) is 1. The highest BCUT2D eigenvalue weighted by Crippen LogP contribution is 2.24. The molecule has 0 fully saturated rings. The van der Waals surface area contributed by atoms with Crippen molar-refractivity contribution in [3.63, 3.8) is 0 Å². The van der Waals surface area contributed by atoms with Gasteiger partial charge in [-0.3, -0.25) is 4.68 Å². The van der Waals surface area contributed by atoms with E-state index in [0.717, 1.165) is 44.7 Å². The maximum absolute atomic E-state index is 5.27. The summed E-state index contributed by atoms with van der Waals surface area (Å²) in [5.74, 6) is 0.557. The zero-order valence-electron chi connectivity index (χ0n) is 14.1. The Balaban J connectivity index is 2.85. The predicted molar refractivity (Wildman–Crippen MR) is 91.8 cm³/mol. The zero-order valence-corrected chi connectivity index (χ0v) is 15.7. The summed E-state index contributed by atoms with van der Waals surface area (Å²) in [5, 5.41) is 8.30. The van der Waals surface area contributed by atoms with E-state index in [1.165, 1.54) is 10.2 Å². The summed E-state index contributed by atoms with van der Waals surface area (Å²) in [4.78, 5) is 0. The summed E-state index contributed by atoms with van der Waals surface area (Å²) in [7, 11) is 1.77. The Morgan fingerprint density at radius 2 is 2.05 bits per heavy atom. The fraction of sp³-hybridized carbons (Fsp3) is 0.812. The van der Waals surface area contributed by atoms with Crippen LogP contribution in [-0.4, -0.2) is 36.1 Å². The number of nitrogens with zero attached hydrogens (tertiary/aromatic N) is 2. The van der Waals surface area contributed by atoms with Gasteiger partial charge >= 0.3 is 0 Å². The molecule has 2 unspecified atom stereocenters. The number of rotatable bonds is 10. The van der Waals surface area contributed by atoms with Gasteiger partial charge in [0.2, 0.25) is 0 Å². The van der Waals surface area contributed by atoms with Gasteiger partial charge in [0.15, 0.2) is 0 Å². The second kappa shape index (κ2) is 9.59. The van der Waals surface area contributed by atoms with Gasteiger partial charge in [-0.05, 0) is 48.2 Å². The number of hydrogen-bond acceptors (Lipinski definition) is 3. The molecule has 0 saturated heterocycles. The first-order valence-electron chi connectivity index (χ1n) is 8.03. The Bertz CT molecular complexity index is 420. The van der Waals surface area contributed by atoms with E-state index >= 15 is 0 Å². The van der Waals surface area contributed by atoms with E-state index < -0.39 is 0 Å². The van der Waals surface area contributed by atoms with Crippen molar-refractivity contribution in [3.8, 4) is 0 Å². The number of aryl methyl sites for hydroxylation is 2. The molecule has 0 radical (unpaired) electrons. The molecule has 0 aromatic carbocycles. The molecule has 1 rings (SSSR count). The molecule has 0 amide bonds. The molecule has 1 heterocycles. The monoisotopic (exact) mass is 359 g/mol. The molecule has 1 aromatic rings. The molecule has 0 aliphatic carbocycles. The molecule has 2 atom stereocenters. The number of hydrogen-bond donors (Lipinski definition) is 1. The van der Waals surface area contributed by atoms with E-state index in [4.69, 9.17) is 9.84 Å². The molecule has 1 N–H and O–H groups in total. The van der Waals surface area contributed by atoms with Gasteiger partial charge in [0.25, 0.3) is 0 Å². The molecular weight excluding hydrogens is 330 g/mol. The van der Waals surface area contributed by atoms with Crippen molar-refractivity contribution in [1.82, 2.24) is 15.1 Å². The molecule has 21 heavy (non-hydrogen) atoms. The molecule has 4 nitrogen and oxygen atoms in total. The van der Waals surface area contributed by atoms with Crippen molar-refractivity contribution in [2.45, 2.75) is 59.5 Å². The fourth-order valence-corrected chi connectivity index (χ4v) is 3.54. The van der Waals surface area contributed by atoms with Gasteiger partial charge in [-0.1, -0.05) is 20.8 Å². The minimum atomic E-state index is 0.461. The average molecular weight is 360 g/mol. The standard InChI is InChI=1S/C16H30BrN3O/c1-6-14-16(17)15(20(8-3)19-14)10-13(18-7-2)9-12(4)11-21-5/h12-13,18H,6-11H2,1-5H3. The smallest absolute Gasteiger partial charge is 0.0766 e. The number of ether oxygens (including phenoxy) is 1. The zero-order chi connectivity index (χ0) is 15.8. The normalized spacial score (nSPS) is 14.4. The van der Waals surface area contributed by atoms with Gasteiger partial charge < -0.3 is 10.1 Å². The Labute approximate surface area is 137 Å². The van der Waals surface area contributed by atoms with Crippen LogP contribution in [0.2, 0.25) is 0 Å². The molecule has 5 heteroatoms. The Kier molecular flexibility index (Phi) is 8.52. The number of methoxy groups -OCH3 is 1. The highest BCUT2D eigenvalue weighted by atomic mass is 79.9. The van der Waals surface area contributed by atoms with E-state index in [9.17, 15) is 0 Å². The second-order valence-corrected chi connectivity index (χ2v) is 6.42. The summed E-state index contributed by atoms with van der Waals surface area (Å²) in [6.07, 6.45) is 3.08. The van der Waals surface area contributed by atoms with Crippen molar-refractivity contribution >= 4 is 15.9 Å². The minimum Gasteiger partial charge on any atom is -0.384 e. The first-order chi connectivity index (χ1) is 10.1.